The number of nitrogens with zero attached hydrogens (tertiary/aromatic N) is 3. The van der Waals surface area contributed by atoms with Crippen molar-refractivity contribution in [2.75, 3.05) is 5.32 Å². The van der Waals surface area contributed by atoms with Crippen molar-refractivity contribution in [3.8, 4) is 0 Å². The highest BCUT2D eigenvalue weighted by Gasteiger charge is 2.09. The van der Waals surface area contributed by atoms with Crippen molar-refractivity contribution in [2.24, 2.45) is 0 Å². The zero-order valence-corrected chi connectivity index (χ0v) is 16.2. The lowest BCUT2D eigenvalue weighted by atomic mass is 10.1. The Bertz CT molecular complexity index is 936. The molecular weight excluding hydrogens is 371 g/mol. The van der Waals surface area contributed by atoms with Gasteiger partial charge in [0.05, 0.1) is 28.1 Å². The first kappa shape index (κ1) is 18.7. The maximum absolute atomic E-state index is 12.2. The number of pyridine rings is 1. The Labute approximate surface area is 162 Å². The van der Waals surface area contributed by atoms with Gasteiger partial charge < -0.3 is 5.32 Å². The Morgan fingerprint density at radius 1 is 1.19 bits per heavy atom. The number of benzene rings is 1. The molecule has 7 heteroatoms. The van der Waals surface area contributed by atoms with Crippen molar-refractivity contribution < 1.29 is 4.79 Å². The molecule has 3 rings (SSSR count). The molecule has 0 aliphatic carbocycles. The minimum Gasteiger partial charge on any atom is -0.325 e. The van der Waals surface area contributed by atoms with Crippen LogP contribution in [-0.4, -0.2) is 20.7 Å². The molecule has 0 radical (unpaired) electrons. The van der Waals surface area contributed by atoms with E-state index in [4.69, 9.17) is 23.2 Å². The Morgan fingerprint density at radius 3 is 2.73 bits per heavy atom. The van der Waals surface area contributed by atoms with Gasteiger partial charge in [-0.15, -0.1) is 0 Å². The highest BCUT2D eigenvalue weighted by atomic mass is 35.5. The summed E-state index contributed by atoms with van der Waals surface area (Å²) < 4.78 is 1.86. The first-order valence-corrected chi connectivity index (χ1v) is 9.26. The van der Waals surface area contributed by atoms with Gasteiger partial charge >= 0.3 is 0 Å². The minimum atomic E-state index is -0.0394. The Kier molecular flexibility index (Phi) is 5.79. The van der Waals surface area contributed by atoms with E-state index in [0.717, 1.165) is 29.4 Å². The smallest absolute Gasteiger partial charge is 0.224 e. The molecular formula is C19H20Cl2N4O. The van der Waals surface area contributed by atoms with Gasteiger partial charge in [0.15, 0.2) is 5.65 Å². The molecule has 3 aromatic rings. The molecule has 2 heterocycles. The van der Waals surface area contributed by atoms with E-state index in [1.54, 1.807) is 18.5 Å². The monoisotopic (exact) mass is 390 g/mol. The fourth-order valence-electron chi connectivity index (χ4n) is 2.76. The zero-order valence-electron chi connectivity index (χ0n) is 14.7. The quantitative estimate of drug-likeness (QED) is 0.622. The number of halogens is 2. The lowest BCUT2D eigenvalue weighted by Crippen LogP contribution is -2.12. The van der Waals surface area contributed by atoms with E-state index in [1.807, 2.05) is 22.9 Å². The van der Waals surface area contributed by atoms with Crippen molar-refractivity contribution in [2.45, 2.75) is 39.2 Å². The predicted octanol–water partition coefficient (Wildman–Crippen LogP) is 5.28. The number of carbonyl (C=O) groups excluding carboxylic acids is 1. The molecule has 0 aliphatic heterocycles. The normalized spacial score (nSPS) is 11.3. The molecule has 0 atom stereocenters. The number of aryl methyl sites for hydroxylation is 1. The number of fused-ring (bicyclic) bond motifs is 1. The van der Waals surface area contributed by atoms with Crippen molar-refractivity contribution >= 4 is 45.8 Å². The van der Waals surface area contributed by atoms with Crippen LogP contribution >= 0.6 is 23.2 Å². The number of carbonyl (C=O) groups is 1. The summed E-state index contributed by atoms with van der Waals surface area (Å²) in [5.74, 6) is -0.0394. The van der Waals surface area contributed by atoms with Crippen LogP contribution in [0, 0.1) is 0 Å². The van der Waals surface area contributed by atoms with Gasteiger partial charge in [0, 0.05) is 17.8 Å². The van der Waals surface area contributed by atoms with Crippen LogP contribution in [-0.2, 0) is 11.2 Å². The maximum Gasteiger partial charge on any atom is 0.224 e. The van der Waals surface area contributed by atoms with Crippen molar-refractivity contribution in [1.82, 2.24) is 14.8 Å². The minimum absolute atomic E-state index is 0.0394. The van der Waals surface area contributed by atoms with Crippen LogP contribution in [0.3, 0.4) is 0 Å². The first-order chi connectivity index (χ1) is 12.4. The van der Waals surface area contributed by atoms with E-state index in [2.05, 4.69) is 29.2 Å². The van der Waals surface area contributed by atoms with Crippen LogP contribution in [0.2, 0.25) is 10.0 Å². The van der Waals surface area contributed by atoms with Gasteiger partial charge in [0.2, 0.25) is 5.91 Å². The first-order valence-electron chi connectivity index (χ1n) is 8.51. The molecule has 0 spiro atoms. The molecule has 0 unspecified atom stereocenters. The summed E-state index contributed by atoms with van der Waals surface area (Å²) in [6.07, 6.45) is 5.35. The number of aromatic nitrogens is 3. The molecule has 0 saturated carbocycles. The molecule has 5 nitrogen and oxygen atoms in total. The summed E-state index contributed by atoms with van der Waals surface area (Å²) in [7, 11) is 0. The van der Waals surface area contributed by atoms with Crippen molar-refractivity contribution in [1.29, 1.82) is 0 Å². The van der Waals surface area contributed by atoms with Crippen LogP contribution in [0.4, 0.5) is 5.69 Å². The van der Waals surface area contributed by atoms with Crippen LogP contribution in [0.15, 0.2) is 36.7 Å². The lowest BCUT2D eigenvalue weighted by molar-refractivity contribution is -0.116. The zero-order chi connectivity index (χ0) is 18.7. The van der Waals surface area contributed by atoms with Gasteiger partial charge in [0.25, 0.3) is 0 Å². The van der Waals surface area contributed by atoms with Crippen LogP contribution < -0.4 is 5.32 Å². The predicted molar refractivity (Wildman–Crippen MR) is 106 cm³/mol. The van der Waals surface area contributed by atoms with Gasteiger partial charge in [-0.3, -0.25) is 4.79 Å². The molecule has 0 bridgehead atoms. The third kappa shape index (κ3) is 4.34. The molecule has 136 valence electrons. The van der Waals surface area contributed by atoms with Crippen LogP contribution in [0.5, 0.6) is 0 Å². The highest BCUT2D eigenvalue weighted by Crippen LogP contribution is 2.23. The second-order valence-corrected chi connectivity index (χ2v) is 7.28. The van der Waals surface area contributed by atoms with E-state index >= 15 is 0 Å². The third-order valence-electron chi connectivity index (χ3n) is 4.06. The van der Waals surface area contributed by atoms with Gasteiger partial charge in [-0.1, -0.05) is 29.3 Å². The Morgan fingerprint density at radius 2 is 2.00 bits per heavy atom. The molecule has 2 aromatic heterocycles. The Hall–Kier alpha value is -2.11. The maximum atomic E-state index is 12.2. The fourth-order valence-corrected chi connectivity index (χ4v) is 3.08. The number of hydrogen-bond donors (Lipinski definition) is 1. The highest BCUT2D eigenvalue weighted by molar-refractivity contribution is 6.42. The number of rotatable bonds is 6. The van der Waals surface area contributed by atoms with E-state index in [0.29, 0.717) is 22.2 Å². The summed E-state index contributed by atoms with van der Waals surface area (Å²) in [5, 5.41) is 9.21. The lowest BCUT2D eigenvalue weighted by Gasteiger charge is -2.08. The molecule has 1 N–H and O–H groups in total. The molecule has 0 aliphatic rings. The molecule has 26 heavy (non-hydrogen) atoms. The average Bonchev–Trinajstić information content (AvgIpc) is 3.01. The molecule has 0 fully saturated rings. The fraction of sp³-hybridized carbons (Fsp3) is 0.316. The second-order valence-electron chi connectivity index (χ2n) is 6.47. The third-order valence-corrected chi connectivity index (χ3v) is 4.80. The van der Waals surface area contributed by atoms with Gasteiger partial charge in [-0.2, -0.15) is 5.10 Å². The van der Waals surface area contributed by atoms with Crippen LogP contribution in [0.25, 0.3) is 11.0 Å². The van der Waals surface area contributed by atoms with Gasteiger partial charge in [0.1, 0.15) is 0 Å². The summed E-state index contributed by atoms with van der Waals surface area (Å²) in [5.41, 5.74) is 2.56. The SMILES string of the molecule is CC(C)n1ncc2cc(NC(=O)CCCc3ccc(Cl)c(Cl)c3)cnc21. The Balaban J connectivity index is 1.56. The summed E-state index contributed by atoms with van der Waals surface area (Å²) in [6, 6.07) is 7.67. The van der Waals surface area contributed by atoms with E-state index < -0.39 is 0 Å². The van der Waals surface area contributed by atoms with Crippen molar-refractivity contribution in [3.05, 3.63) is 52.3 Å². The molecule has 1 amide bonds. The average molecular weight is 391 g/mol. The molecule has 0 saturated heterocycles. The van der Waals surface area contributed by atoms with Crippen LogP contribution in [0.1, 0.15) is 38.3 Å². The number of nitrogens with one attached hydrogen (secondary N) is 1. The van der Waals surface area contributed by atoms with E-state index in [-0.39, 0.29) is 11.9 Å². The van der Waals surface area contributed by atoms with Crippen molar-refractivity contribution in [3.63, 3.8) is 0 Å². The standard InChI is InChI=1S/C19H20Cl2N4O/c1-12(2)25-19-14(10-23-25)9-15(11-22-19)24-18(26)5-3-4-13-6-7-16(20)17(21)8-13/h6-12H,3-5H2,1-2H3,(H,24,26). The largest absolute Gasteiger partial charge is 0.325 e. The summed E-state index contributed by atoms with van der Waals surface area (Å²) >= 11 is 11.9. The van der Waals surface area contributed by atoms with E-state index in [1.165, 1.54) is 0 Å². The number of anilines is 1. The van der Waals surface area contributed by atoms with E-state index in [9.17, 15) is 4.79 Å². The second kappa shape index (κ2) is 8.06. The topological polar surface area (TPSA) is 59.8 Å². The number of hydrogen-bond acceptors (Lipinski definition) is 3. The van der Waals surface area contributed by atoms with Gasteiger partial charge in [-0.25, -0.2) is 9.67 Å². The summed E-state index contributed by atoms with van der Waals surface area (Å²) in [6.45, 7) is 4.11. The molecule has 1 aromatic carbocycles. The summed E-state index contributed by atoms with van der Waals surface area (Å²) in [4.78, 5) is 16.6. The number of amides is 1. The van der Waals surface area contributed by atoms with Gasteiger partial charge in [-0.05, 0) is 50.5 Å².